The summed E-state index contributed by atoms with van der Waals surface area (Å²) >= 11 is 0. The van der Waals surface area contributed by atoms with Gasteiger partial charge >= 0.3 is 0 Å². The number of halogens is 2. The second kappa shape index (κ2) is 5.33. The predicted octanol–water partition coefficient (Wildman–Crippen LogP) is 2.69. The van der Waals surface area contributed by atoms with Gasteiger partial charge in [0, 0.05) is 24.2 Å². The van der Waals surface area contributed by atoms with Crippen LogP contribution in [0, 0.1) is 17.6 Å². The van der Waals surface area contributed by atoms with Crippen LogP contribution in [0.15, 0.2) is 18.2 Å². The smallest absolute Gasteiger partial charge is 0.128 e. The summed E-state index contributed by atoms with van der Waals surface area (Å²) < 4.78 is 27.1. The molecule has 1 aliphatic rings. The Morgan fingerprint density at radius 2 is 2.06 bits per heavy atom. The second-order valence-corrected chi connectivity index (χ2v) is 5.16. The third-order valence-corrected chi connectivity index (χ3v) is 3.98. The summed E-state index contributed by atoms with van der Waals surface area (Å²) in [4.78, 5) is 2.06. The summed E-state index contributed by atoms with van der Waals surface area (Å²) in [5, 5.41) is 0. The number of hydrogen-bond donors (Lipinski definition) is 1. The Bertz CT molecular complexity index is 418. The van der Waals surface area contributed by atoms with Gasteiger partial charge < -0.3 is 5.73 Å². The summed E-state index contributed by atoms with van der Waals surface area (Å²) in [6, 6.07) is 3.64. The summed E-state index contributed by atoms with van der Waals surface area (Å²) in [5.74, 6) is -0.139. The molecule has 0 spiro atoms. The molecule has 1 fully saturated rings. The predicted molar refractivity (Wildman–Crippen MR) is 68.1 cm³/mol. The van der Waals surface area contributed by atoms with Crippen molar-refractivity contribution in [2.75, 3.05) is 13.6 Å². The highest BCUT2D eigenvalue weighted by Crippen LogP contribution is 2.37. The number of nitrogens with zero attached hydrogens (tertiary/aromatic N) is 1. The SMILES string of the molecule is CC(C1CC1)N(C)C(CN)c1cc(F)ccc1F. The molecule has 18 heavy (non-hydrogen) atoms. The maximum atomic E-state index is 13.8. The van der Waals surface area contributed by atoms with Crippen molar-refractivity contribution >= 4 is 0 Å². The first-order chi connectivity index (χ1) is 8.54. The quantitative estimate of drug-likeness (QED) is 0.875. The Morgan fingerprint density at radius 1 is 1.39 bits per heavy atom. The summed E-state index contributed by atoms with van der Waals surface area (Å²) in [6.45, 7) is 2.41. The summed E-state index contributed by atoms with van der Waals surface area (Å²) in [7, 11) is 1.94. The standard InChI is InChI=1S/C14H20F2N2/c1-9(10-3-4-10)18(2)14(8-17)12-7-11(15)5-6-13(12)16/h5-7,9-10,14H,3-4,8,17H2,1-2H3. The van der Waals surface area contributed by atoms with Crippen molar-refractivity contribution in [3.63, 3.8) is 0 Å². The zero-order valence-corrected chi connectivity index (χ0v) is 10.9. The molecule has 4 heteroatoms. The lowest BCUT2D eigenvalue weighted by Gasteiger charge is -2.33. The minimum absolute atomic E-state index is 0.267. The minimum Gasteiger partial charge on any atom is -0.329 e. The highest BCUT2D eigenvalue weighted by Gasteiger charge is 2.34. The lowest BCUT2D eigenvalue weighted by molar-refractivity contribution is 0.168. The largest absolute Gasteiger partial charge is 0.329 e. The molecule has 0 aromatic heterocycles. The number of hydrogen-bond acceptors (Lipinski definition) is 2. The molecule has 0 radical (unpaired) electrons. The molecule has 2 rings (SSSR count). The van der Waals surface area contributed by atoms with Gasteiger partial charge in [0.05, 0.1) is 0 Å². The first kappa shape index (κ1) is 13.4. The molecule has 2 unspecified atom stereocenters. The van der Waals surface area contributed by atoms with Crippen LogP contribution in [0.5, 0.6) is 0 Å². The lowest BCUT2D eigenvalue weighted by Crippen LogP contribution is -2.38. The molecule has 100 valence electrons. The number of rotatable bonds is 5. The second-order valence-electron chi connectivity index (χ2n) is 5.16. The van der Waals surface area contributed by atoms with E-state index in [0.29, 0.717) is 17.5 Å². The van der Waals surface area contributed by atoms with Crippen LogP contribution in [0.1, 0.15) is 31.4 Å². The van der Waals surface area contributed by atoms with Gasteiger partial charge in [-0.1, -0.05) is 0 Å². The highest BCUT2D eigenvalue weighted by molar-refractivity contribution is 5.23. The van der Waals surface area contributed by atoms with E-state index in [9.17, 15) is 8.78 Å². The van der Waals surface area contributed by atoms with Crippen LogP contribution in [-0.2, 0) is 0 Å². The first-order valence-electron chi connectivity index (χ1n) is 6.41. The summed E-state index contributed by atoms with van der Waals surface area (Å²) in [6.07, 6.45) is 2.43. The van der Waals surface area contributed by atoms with Crippen LogP contribution in [-0.4, -0.2) is 24.5 Å². The fourth-order valence-electron chi connectivity index (χ4n) is 2.48. The molecule has 0 saturated heterocycles. The maximum Gasteiger partial charge on any atom is 0.128 e. The van der Waals surface area contributed by atoms with Crippen LogP contribution in [0.4, 0.5) is 8.78 Å². The molecule has 0 amide bonds. The van der Waals surface area contributed by atoms with Crippen molar-refractivity contribution in [2.24, 2.45) is 11.7 Å². The molecule has 0 heterocycles. The van der Waals surface area contributed by atoms with Crippen LogP contribution in [0.2, 0.25) is 0 Å². The molecule has 1 saturated carbocycles. The lowest BCUT2D eigenvalue weighted by atomic mass is 10.0. The molecular formula is C14H20F2N2. The van der Waals surface area contributed by atoms with Crippen molar-refractivity contribution in [3.05, 3.63) is 35.4 Å². The molecule has 0 aliphatic heterocycles. The van der Waals surface area contributed by atoms with E-state index in [-0.39, 0.29) is 18.4 Å². The fraction of sp³-hybridized carbons (Fsp3) is 0.571. The van der Waals surface area contributed by atoms with Crippen molar-refractivity contribution in [3.8, 4) is 0 Å². The van der Waals surface area contributed by atoms with Gasteiger partial charge in [-0.05, 0) is 50.9 Å². The van der Waals surface area contributed by atoms with Gasteiger partial charge in [0.1, 0.15) is 11.6 Å². The number of nitrogens with two attached hydrogens (primary N) is 1. The maximum absolute atomic E-state index is 13.8. The molecule has 1 aromatic carbocycles. The van der Waals surface area contributed by atoms with Gasteiger partial charge in [-0.15, -0.1) is 0 Å². The zero-order chi connectivity index (χ0) is 13.3. The highest BCUT2D eigenvalue weighted by atomic mass is 19.1. The molecule has 1 aromatic rings. The topological polar surface area (TPSA) is 29.3 Å². The van der Waals surface area contributed by atoms with Gasteiger partial charge in [-0.3, -0.25) is 4.90 Å². The average Bonchev–Trinajstić information content (AvgIpc) is 3.17. The molecule has 2 N–H and O–H groups in total. The number of benzene rings is 1. The monoisotopic (exact) mass is 254 g/mol. The molecule has 2 nitrogen and oxygen atoms in total. The van der Waals surface area contributed by atoms with Gasteiger partial charge in [-0.25, -0.2) is 8.78 Å². The zero-order valence-electron chi connectivity index (χ0n) is 10.9. The van der Waals surface area contributed by atoms with E-state index >= 15 is 0 Å². The van der Waals surface area contributed by atoms with E-state index in [2.05, 4.69) is 11.8 Å². The van der Waals surface area contributed by atoms with Gasteiger partial charge in [0.15, 0.2) is 0 Å². The minimum atomic E-state index is -0.419. The van der Waals surface area contributed by atoms with Gasteiger partial charge in [0.2, 0.25) is 0 Å². The Hall–Kier alpha value is -1.00. The van der Waals surface area contributed by atoms with Crippen molar-refractivity contribution < 1.29 is 8.78 Å². The van der Waals surface area contributed by atoms with Gasteiger partial charge in [-0.2, -0.15) is 0 Å². The van der Waals surface area contributed by atoms with E-state index in [0.717, 1.165) is 6.07 Å². The fourth-order valence-corrected chi connectivity index (χ4v) is 2.48. The average molecular weight is 254 g/mol. The third-order valence-electron chi connectivity index (χ3n) is 3.98. The Balaban J connectivity index is 2.23. The molecule has 0 bridgehead atoms. The summed E-state index contributed by atoms with van der Waals surface area (Å²) in [5.41, 5.74) is 6.11. The van der Waals surface area contributed by atoms with Crippen molar-refractivity contribution in [1.29, 1.82) is 0 Å². The van der Waals surface area contributed by atoms with E-state index in [4.69, 9.17) is 5.73 Å². The van der Waals surface area contributed by atoms with Crippen LogP contribution >= 0.6 is 0 Å². The Kier molecular flexibility index (Phi) is 3.97. The molecular weight excluding hydrogens is 234 g/mol. The molecule has 1 aliphatic carbocycles. The Morgan fingerprint density at radius 3 is 2.61 bits per heavy atom. The molecule has 2 atom stereocenters. The Labute approximate surface area is 107 Å². The normalized spacial score (nSPS) is 19.0. The van der Waals surface area contributed by atoms with Crippen LogP contribution < -0.4 is 5.73 Å². The van der Waals surface area contributed by atoms with E-state index in [1.165, 1.54) is 25.0 Å². The van der Waals surface area contributed by atoms with E-state index < -0.39 is 5.82 Å². The van der Waals surface area contributed by atoms with Crippen LogP contribution in [0.3, 0.4) is 0 Å². The number of likely N-dealkylation sites (N-methyl/N-ethyl adjacent to an activating group) is 1. The van der Waals surface area contributed by atoms with Gasteiger partial charge in [0.25, 0.3) is 0 Å². The first-order valence-corrected chi connectivity index (χ1v) is 6.41. The van der Waals surface area contributed by atoms with Crippen molar-refractivity contribution in [2.45, 2.75) is 31.8 Å². The van der Waals surface area contributed by atoms with E-state index in [1.807, 2.05) is 7.05 Å². The van der Waals surface area contributed by atoms with Crippen LogP contribution in [0.25, 0.3) is 0 Å². The van der Waals surface area contributed by atoms with Crippen molar-refractivity contribution in [1.82, 2.24) is 4.90 Å². The van der Waals surface area contributed by atoms with E-state index in [1.54, 1.807) is 0 Å². The third kappa shape index (κ3) is 2.70.